The number of ether oxygens (including phenoxy) is 2. The number of hydrogen-bond donors (Lipinski definition) is 0. The van der Waals surface area contributed by atoms with Gasteiger partial charge in [0.1, 0.15) is 18.1 Å². The van der Waals surface area contributed by atoms with Crippen LogP contribution in [0.2, 0.25) is 5.02 Å². The maximum absolute atomic E-state index is 11.6. The molecule has 0 amide bonds. The van der Waals surface area contributed by atoms with Crippen molar-refractivity contribution in [2.75, 3.05) is 0 Å². The first kappa shape index (κ1) is 18.3. The van der Waals surface area contributed by atoms with Crippen LogP contribution >= 0.6 is 11.6 Å². The van der Waals surface area contributed by atoms with Crippen LogP contribution in [-0.4, -0.2) is 5.97 Å². The maximum atomic E-state index is 11.6. The van der Waals surface area contributed by atoms with Gasteiger partial charge in [0.25, 0.3) is 0 Å². The maximum Gasteiger partial charge on any atom is 0.310 e. The van der Waals surface area contributed by atoms with Crippen LogP contribution in [-0.2, 0) is 24.2 Å². The zero-order valence-corrected chi connectivity index (χ0v) is 15.2. The molecule has 0 N–H and O–H groups in total. The minimum atomic E-state index is -0.255. The Morgan fingerprint density at radius 2 is 1.83 bits per heavy atom. The van der Waals surface area contributed by atoms with E-state index in [1.54, 1.807) is 13.0 Å². The number of aryl methyl sites for hydroxylation is 2. The second kappa shape index (κ2) is 8.74. The molecular formula is C20H23ClO3. The summed E-state index contributed by atoms with van der Waals surface area (Å²) in [6.07, 6.45) is 2.09. The summed E-state index contributed by atoms with van der Waals surface area (Å²) >= 11 is 6.28. The van der Waals surface area contributed by atoms with Crippen molar-refractivity contribution in [1.82, 2.24) is 0 Å². The van der Waals surface area contributed by atoms with Gasteiger partial charge in [-0.1, -0.05) is 50.6 Å². The highest BCUT2D eigenvalue weighted by Crippen LogP contribution is 2.29. The van der Waals surface area contributed by atoms with Gasteiger partial charge < -0.3 is 9.47 Å². The molecule has 0 aliphatic carbocycles. The standard InChI is InChI=1S/C20H23ClO3/c1-4-14-10-11-19(17(21)12-14)23-13-16-15(5-2)8-7-9-18(16)24-20(22)6-3/h7-12H,4-6,13H2,1-3H3. The minimum Gasteiger partial charge on any atom is -0.487 e. The summed E-state index contributed by atoms with van der Waals surface area (Å²) in [5.41, 5.74) is 3.15. The quantitative estimate of drug-likeness (QED) is 0.500. The number of rotatable bonds is 7. The Hall–Kier alpha value is -2.00. The molecule has 0 aromatic heterocycles. The molecule has 0 spiro atoms. The average molecular weight is 347 g/mol. The molecule has 0 fully saturated rings. The van der Waals surface area contributed by atoms with Crippen molar-refractivity contribution >= 4 is 17.6 Å². The second-order valence-corrected chi connectivity index (χ2v) is 5.89. The molecule has 0 saturated heterocycles. The lowest BCUT2D eigenvalue weighted by Crippen LogP contribution is -2.10. The Bertz CT molecular complexity index is 710. The Kier molecular flexibility index (Phi) is 6.68. The van der Waals surface area contributed by atoms with Crippen LogP contribution in [0.15, 0.2) is 36.4 Å². The monoisotopic (exact) mass is 346 g/mol. The van der Waals surface area contributed by atoms with Crippen LogP contribution in [0.25, 0.3) is 0 Å². The summed E-state index contributed by atoms with van der Waals surface area (Å²) in [6, 6.07) is 11.5. The predicted octanol–water partition coefficient (Wildman–Crippen LogP) is 5.36. The summed E-state index contributed by atoms with van der Waals surface area (Å²) in [6.45, 7) is 6.23. The highest BCUT2D eigenvalue weighted by Gasteiger charge is 2.13. The van der Waals surface area contributed by atoms with E-state index in [0.29, 0.717) is 29.5 Å². The molecule has 2 aromatic rings. The molecule has 24 heavy (non-hydrogen) atoms. The molecule has 2 aromatic carbocycles. The van der Waals surface area contributed by atoms with Crippen molar-refractivity contribution in [3.8, 4) is 11.5 Å². The van der Waals surface area contributed by atoms with E-state index in [4.69, 9.17) is 21.1 Å². The summed E-state index contributed by atoms with van der Waals surface area (Å²) in [7, 11) is 0. The summed E-state index contributed by atoms with van der Waals surface area (Å²) < 4.78 is 11.3. The first-order chi connectivity index (χ1) is 11.6. The first-order valence-electron chi connectivity index (χ1n) is 8.31. The number of halogens is 1. The number of carbonyl (C=O) groups excluding carboxylic acids is 1. The number of benzene rings is 2. The SMILES string of the molecule is CCC(=O)Oc1cccc(CC)c1COc1ccc(CC)cc1Cl. The lowest BCUT2D eigenvalue weighted by atomic mass is 10.0. The highest BCUT2D eigenvalue weighted by molar-refractivity contribution is 6.32. The van der Waals surface area contributed by atoms with E-state index < -0.39 is 0 Å². The highest BCUT2D eigenvalue weighted by atomic mass is 35.5. The van der Waals surface area contributed by atoms with Gasteiger partial charge in [-0.3, -0.25) is 4.79 Å². The summed E-state index contributed by atoms with van der Waals surface area (Å²) in [4.78, 5) is 11.6. The van der Waals surface area contributed by atoms with Gasteiger partial charge in [-0.05, 0) is 42.2 Å². The Labute approximate surface area is 148 Å². The van der Waals surface area contributed by atoms with Crippen molar-refractivity contribution in [3.63, 3.8) is 0 Å². The number of esters is 1. The molecule has 0 heterocycles. The van der Waals surface area contributed by atoms with E-state index in [1.165, 1.54) is 5.56 Å². The minimum absolute atomic E-state index is 0.255. The van der Waals surface area contributed by atoms with Crippen molar-refractivity contribution in [1.29, 1.82) is 0 Å². The second-order valence-electron chi connectivity index (χ2n) is 5.48. The molecule has 0 saturated carbocycles. The predicted molar refractivity (Wildman–Crippen MR) is 96.9 cm³/mol. The van der Waals surface area contributed by atoms with Gasteiger partial charge in [0.15, 0.2) is 0 Å². The van der Waals surface area contributed by atoms with Crippen LogP contribution in [0.1, 0.15) is 43.9 Å². The fraction of sp³-hybridized carbons (Fsp3) is 0.350. The van der Waals surface area contributed by atoms with Gasteiger partial charge in [0, 0.05) is 12.0 Å². The molecule has 128 valence electrons. The fourth-order valence-corrected chi connectivity index (χ4v) is 2.69. The van der Waals surface area contributed by atoms with Gasteiger partial charge >= 0.3 is 5.97 Å². The summed E-state index contributed by atoms with van der Waals surface area (Å²) in [5.74, 6) is 0.935. The third-order valence-corrected chi connectivity index (χ3v) is 4.20. The van der Waals surface area contributed by atoms with Gasteiger partial charge in [-0.25, -0.2) is 0 Å². The van der Waals surface area contributed by atoms with Crippen LogP contribution in [0.4, 0.5) is 0 Å². The van der Waals surface area contributed by atoms with Crippen molar-refractivity contribution in [2.45, 2.75) is 46.6 Å². The molecule has 0 radical (unpaired) electrons. The van der Waals surface area contributed by atoms with Crippen LogP contribution in [0.5, 0.6) is 11.5 Å². The molecule has 0 unspecified atom stereocenters. The lowest BCUT2D eigenvalue weighted by Gasteiger charge is -2.15. The van der Waals surface area contributed by atoms with Gasteiger partial charge in [0.05, 0.1) is 5.02 Å². The van der Waals surface area contributed by atoms with Crippen molar-refractivity contribution in [2.24, 2.45) is 0 Å². The van der Waals surface area contributed by atoms with E-state index in [1.807, 2.05) is 30.3 Å². The molecule has 0 aliphatic rings. The molecule has 2 rings (SSSR count). The third kappa shape index (κ3) is 4.51. The van der Waals surface area contributed by atoms with E-state index in [9.17, 15) is 4.79 Å². The molecule has 0 atom stereocenters. The topological polar surface area (TPSA) is 35.5 Å². The van der Waals surface area contributed by atoms with Gasteiger partial charge in [0.2, 0.25) is 0 Å². The van der Waals surface area contributed by atoms with Crippen LogP contribution < -0.4 is 9.47 Å². The zero-order valence-electron chi connectivity index (χ0n) is 14.4. The van der Waals surface area contributed by atoms with Crippen molar-refractivity contribution < 1.29 is 14.3 Å². The Morgan fingerprint density at radius 3 is 2.46 bits per heavy atom. The first-order valence-corrected chi connectivity index (χ1v) is 8.69. The van der Waals surface area contributed by atoms with Gasteiger partial charge in [-0.15, -0.1) is 0 Å². The zero-order chi connectivity index (χ0) is 17.5. The molecule has 0 bridgehead atoms. The van der Waals surface area contributed by atoms with Gasteiger partial charge in [-0.2, -0.15) is 0 Å². The molecule has 0 aliphatic heterocycles. The van der Waals surface area contributed by atoms with E-state index in [0.717, 1.165) is 24.0 Å². The van der Waals surface area contributed by atoms with E-state index in [2.05, 4.69) is 13.8 Å². The third-order valence-electron chi connectivity index (χ3n) is 3.90. The lowest BCUT2D eigenvalue weighted by molar-refractivity contribution is -0.134. The number of carbonyl (C=O) groups is 1. The Balaban J connectivity index is 2.23. The summed E-state index contributed by atoms with van der Waals surface area (Å²) in [5, 5.41) is 0.593. The molecule has 4 heteroatoms. The normalized spacial score (nSPS) is 10.5. The molecular weight excluding hydrogens is 324 g/mol. The van der Waals surface area contributed by atoms with Crippen LogP contribution in [0, 0.1) is 0 Å². The van der Waals surface area contributed by atoms with E-state index in [-0.39, 0.29) is 5.97 Å². The molecule has 3 nitrogen and oxygen atoms in total. The smallest absolute Gasteiger partial charge is 0.310 e. The van der Waals surface area contributed by atoms with Crippen molar-refractivity contribution in [3.05, 3.63) is 58.1 Å². The number of hydrogen-bond acceptors (Lipinski definition) is 3. The largest absolute Gasteiger partial charge is 0.487 e. The average Bonchev–Trinajstić information content (AvgIpc) is 2.60. The van der Waals surface area contributed by atoms with Crippen LogP contribution in [0.3, 0.4) is 0 Å². The van der Waals surface area contributed by atoms with E-state index >= 15 is 0 Å². The fourth-order valence-electron chi connectivity index (χ4n) is 2.43. The Morgan fingerprint density at radius 1 is 1.04 bits per heavy atom.